The molecule has 0 heterocycles. The molecule has 0 aromatic carbocycles. The molecule has 0 aromatic rings. The van der Waals surface area contributed by atoms with Crippen molar-refractivity contribution < 1.29 is 39.6 Å². The maximum absolute atomic E-state index is 14.0. The fourth-order valence-corrected chi connectivity index (χ4v) is 6.42. The van der Waals surface area contributed by atoms with Gasteiger partial charge in [-0.25, -0.2) is 0 Å². The van der Waals surface area contributed by atoms with Gasteiger partial charge in [0.15, 0.2) is 23.1 Å². The lowest BCUT2D eigenvalue weighted by Gasteiger charge is -2.66. The molecule has 4 N–H and O–H groups in total. The number of hydrogen-bond donors (Lipinski definition) is 4. The highest BCUT2D eigenvalue weighted by Gasteiger charge is 2.85. The summed E-state index contributed by atoms with van der Waals surface area (Å²) in [6, 6.07) is 0. The van der Waals surface area contributed by atoms with Crippen LogP contribution in [0, 0.1) is 22.7 Å². The van der Waals surface area contributed by atoms with Gasteiger partial charge in [-0.1, -0.05) is 36.5 Å². The lowest BCUT2D eigenvalue weighted by molar-refractivity contribution is -0.222. The van der Waals surface area contributed by atoms with Crippen molar-refractivity contribution in [2.45, 2.75) is 52.7 Å². The molecule has 0 saturated heterocycles. The van der Waals surface area contributed by atoms with Crippen LogP contribution in [0.25, 0.3) is 0 Å². The zero-order valence-corrected chi connectivity index (χ0v) is 21.2. The molecule has 0 aromatic heterocycles. The second-order valence-electron chi connectivity index (χ2n) is 10.1. The predicted molar refractivity (Wildman–Crippen MR) is 132 cm³/mol. The Hall–Kier alpha value is -3.36. The summed E-state index contributed by atoms with van der Waals surface area (Å²) in [6.45, 7) is 8.03. The maximum Gasteiger partial charge on any atom is 0.179 e. The van der Waals surface area contributed by atoms with E-state index < -0.39 is 74.1 Å². The van der Waals surface area contributed by atoms with Gasteiger partial charge in [-0.05, 0) is 53.7 Å². The third-order valence-corrected chi connectivity index (χ3v) is 8.03. The Morgan fingerprint density at radius 3 is 1.92 bits per heavy atom. The van der Waals surface area contributed by atoms with Gasteiger partial charge in [-0.3, -0.25) is 19.2 Å². The number of carbonyl (C=O) groups is 4. The van der Waals surface area contributed by atoms with Gasteiger partial charge in [0.2, 0.25) is 0 Å². The molecule has 2 bridgehead atoms. The molecule has 2 unspecified atom stereocenters. The Kier molecular flexibility index (Phi) is 6.53. The van der Waals surface area contributed by atoms with Gasteiger partial charge < -0.3 is 20.4 Å². The van der Waals surface area contributed by atoms with Gasteiger partial charge >= 0.3 is 0 Å². The molecule has 4 aliphatic rings. The highest BCUT2D eigenvalue weighted by molar-refractivity contribution is 6.33. The molecule has 8 heteroatoms. The van der Waals surface area contributed by atoms with Crippen molar-refractivity contribution >= 4 is 23.1 Å². The molecule has 4 rings (SSSR count). The van der Waals surface area contributed by atoms with Crippen molar-refractivity contribution in [3.63, 3.8) is 0 Å². The number of rotatable bonds is 5. The van der Waals surface area contributed by atoms with Crippen LogP contribution in [0.5, 0.6) is 0 Å². The van der Waals surface area contributed by atoms with Crippen molar-refractivity contribution in [1.82, 2.24) is 0 Å². The summed E-state index contributed by atoms with van der Waals surface area (Å²) in [7, 11) is 0. The van der Waals surface area contributed by atoms with Crippen LogP contribution in [0.4, 0.5) is 0 Å². The molecule has 3 saturated carbocycles. The third kappa shape index (κ3) is 3.07. The van der Waals surface area contributed by atoms with Crippen LogP contribution in [0.1, 0.15) is 41.5 Å². The first kappa shape index (κ1) is 27.2. The second-order valence-corrected chi connectivity index (χ2v) is 10.1. The Morgan fingerprint density at radius 1 is 0.861 bits per heavy atom. The molecule has 6 atom stereocenters. The van der Waals surface area contributed by atoms with E-state index in [1.54, 1.807) is 32.1 Å². The molecule has 3 fully saturated rings. The summed E-state index contributed by atoms with van der Waals surface area (Å²) >= 11 is 0. The first-order valence-electron chi connectivity index (χ1n) is 11.7. The Balaban J connectivity index is 2.56. The number of ketones is 4. The van der Waals surface area contributed by atoms with Crippen LogP contribution in [0.2, 0.25) is 0 Å². The lowest BCUT2D eigenvalue weighted by Crippen LogP contribution is -2.82. The first-order valence-corrected chi connectivity index (χ1v) is 11.7. The summed E-state index contributed by atoms with van der Waals surface area (Å²) in [6.07, 6.45) is 11.4. The Morgan fingerprint density at radius 2 is 1.39 bits per heavy atom. The van der Waals surface area contributed by atoms with Crippen LogP contribution in [-0.2, 0) is 19.2 Å². The summed E-state index contributed by atoms with van der Waals surface area (Å²) in [5.74, 6) is -8.63. The average molecular weight is 497 g/mol. The van der Waals surface area contributed by atoms with Crippen molar-refractivity contribution in [3.05, 3.63) is 71.3 Å². The first-order chi connectivity index (χ1) is 16.6. The Bertz CT molecular complexity index is 1240. The van der Waals surface area contributed by atoms with Crippen LogP contribution in [-0.4, -0.2) is 54.8 Å². The van der Waals surface area contributed by atoms with E-state index in [9.17, 15) is 39.6 Å². The van der Waals surface area contributed by atoms with Crippen LogP contribution in [0.3, 0.4) is 0 Å². The minimum atomic E-state index is -2.49. The molecule has 192 valence electrons. The summed E-state index contributed by atoms with van der Waals surface area (Å²) < 4.78 is 0. The molecule has 4 aliphatic carbocycles. The highest BCUT2D eigenvalue weighted by atomic mass is 16.3. The molecule has 0 amide bonds. The molecular weight excluding hydrogens is 464 g/mol. The second kappa shape index (κ2) is 8.64. The molecular formula is C28H32O8. The standard InChI is InChI=1S/C28H32O8/c1-7-9-11-13-16(29)18-19-20-27(6,36)21(31)15(3)22(32)28(20,17(30)14-12-10-8-2)25(4,23(18)33)24(34)26(19,5)35/h7-14,19-20,29,31,35-36H,1-6H3/b9-7+,10-8+,13-11+,14-12+,18-16-/t19-,20?,25-,26+,27?,28-/m1/s1. The summed E-state index contributed by atoms with van der Waals surface area (Å²) in [5.41, 5.74) is -10.4. The van der Waals surface area contributed by atoms with Gasteiger partial charge in [0, 0.05) is 23.0 Å². The van der Waals surface area contributed by atoms with Crippen molar-refractivity contribution in [1.29, 1.82) is 0 Å². The normalized spacial score (nSPS) is 40.4. The van der Waals surface area contributed by atoms with Gasteiger partial charge in [0.05, 0.1) is 0 Å². The van der Waals surface area contributed by atoms with E-state index in [4.69, 9.17) is 0 Å². The largest absolute Gasteiger partial charge is 0.509 e. The summed E-state index contributed by atoms with van der Waals surface area (Å²) in [4.78, 5) is 55.7. The van der Waals surface area contributed by atoms with E-state index in [-0.39, 0.29) is 5.57 Å². The van der Waals surface area contributed by atoms with E-state index >= 15 is 0 Å². The van der Waals surface area contributed by atoms with Crippen LogP contribution >= 0.6 is 0 Å². The SMILES string of the molecule is C/C=C/C=C/C(=O)[C@]12C(=O)C(C)=C(O)C(C)(O)C1[C@H]1\C(=C(O)/C=C/C=C/C)C(=O)[C@]2(C)C(=O)[C@@]1(C)O. The van der Waals surface area contributed by atoms with Gasteiger partial charge in [-0.15, -0.1) is 0 Å². The zero-order chi connectivity index (χ0) is 27.4. The van der Waals surface area contributed by atoms with Gasteiger partial charge in [0.1, 0.15) is 33.6 Å². The quantitative estimate of drug-likeness (QED) is 0.196. The number of Topliss-reactive ketones (excluding diaryl/α,β-unsaturated/α-hetero) is 3. The lowest BCUT2D eigenvalue weighted by atomic mass is 9.32. The van der Waals surface area contributed by atoms with E-state index in [1.165, 1.54) is 38.2 Å². The zero-order valence-electron chi connectivity index (χ0n) is 21.2. The molecule has 0 aliphatic heterocycles. The average Bonchev–Trinajstić information content (AvgIpc) is 2.81. The minimum Gasteiger partial charge on any atom is -0.509 e. The molecule has 36 heavy (non-hydrogen) atoms. The highest BCUT2D eigenvalue weighted by Crippen LogP contribution is 2.70. The maximum atomic E-state index is 14.0. The van der Waals surface area contributed by atoms with E-state index in [0.717, 1.165) is 19.9 Å². The number of fused-ring (bicyclic) bond motifs is 2. The van der Waals surface area contributed by atoms with Crippen molar-refractivity contribution in [2.24, 2.45) is 22.7 Å². The van der Waals surface area contributed by atoms with Crippen LogP contribution in [0.15, 0.2) is 71.3 Å². The topological polar surface area (TPSA) is 149 Å². The fourth-order valence-electron chi connectivity index (χ4n) is 6.42. The van der Waals surface area contributed by atoms with Gasteiger partial charge in [-0.2, -0.15) is 0 Å². The molecule has 0 spiro atoms. The van der Waals surface area contributed by atoms with E-state index in [2.05, 4.69) is 0 Å². The minimum absolute atomic E-state index is 0.360. The molecule has 8 nitrogen and oxygen atoms in total. The van der Waals surface area contributed by atoms with Crippen molar-refractivity contribution in [3.8, 4) is 0 Å². The number of allylic oxidation sites excluding steroid dienone is 9. The number of hydrogen-bond acceptors (Lipinski definition) is 8. The smallest absolute Gasteiger partial charge is 0.179 e. The van der Waals surface area contributed by atoms with Crippen LogP contribution < -0.4 is 0 Å². The van der Waals surface area contributed by atoms with Gasteiger partial charge in [0.25, 0.3) is 0 Å². The summed E-state index contributed by atoms with van der Waals surface area (Å²) in [5, 5.41) is 44.9. The Labute approximate surface area is 209 Å². The van der Waals surface area contributed by atoms with Crippen molar-refractivity contribution in [2.75, 3.05) is 0 Å². The van der Waals surface area contributed by atoms with E-state index in [0.29, 0.717) is 0 Å². The number of carbonyl (C=O) groups excluding carboxylic acids is 4. The van der Waals surface area contributed by atoms with E-state index in [1.807, 2.05) is 0 Å². The predicted octanol–water partition coefficient (Wildman–Crippen LogP) is 2.94. The number of aliphatic hydroxyl groups is 4. The number of aliphatic hydroxyl groups excluding tert-OH is 2. The monoisotopic (exact) mass is 496 g/mol. The third-order valence-electron chi connectivity index (χ3n) is 8.03. The fraction of sp³-hybridized carbons (Fsp3) is 0.429. The molecule has 0 radical (unpaired) electrons.